The highest BCUT2D eigenvalue weighted by atomic mass is 16.7. The fourth-order valence-electron chi connectivity index (χ4n) is 2.02. The minimum atomic E-state index is -1.01. The van der Waals surface area contributed by atoms with Gasteiger partial charge in [0, 0.05) is 0 Å². The summed E-state index contributed by atoms with van der Waals surface area (Å²) < 4.78 is 11.0. The average molecular weight is 286 g/mol. The van der Waals surface area contributed by atoms with E-state index < -0.39 is 5.97 Å². The van der Waals surface area contributed by atoms with E-state index in [9.17, 15) is 4.79 Å². The van der Waals surface area contributed by atoms with Gasteiger partial charge < -0.3 is 14.6 Å². The summed E-state index contributed by atoms with van der Waals surface area (Å²) in [6, 6.07) is 12.7. The Balaban J connectivity index is 2.05. The van der Waals surface area contributed by atoms with Crippen LogP contribution in [0.2, 0.25) is 0 Å². The highest BCUT2D eigenvalue weighted by Gasteiger charge is 2.13. The molecule has 21 heavy (non-hydrogen) atoms. The van der Waals surface area contributed by atoms with Crippen LogP contribution in [-0.4, -0.2) is 17.9 Å². The van der Waals surface area contributed by atoms with Crippen molar-refractivity contribution in [3.8, 4) is 11.5 Å². The number of aromatic carboxylic acids is 1. The van der Waals surface area contributed by atoms with Gasteiger partial charge in [0.2, 0.25) is 6.79 Å². The van der Waals surface area contributed by atoms with Crippen LogP contribution >= 0.6 is 0 Å². The van der Waals surface area contributed by atoms with Gasteiger partial charge in [-0.15, -0.1) is 0 Å². The standard InChI is InChI=1S/C17H18O4/c1-3-13-7-5-8-14(10-13)20-11-21-16-12(2)6-4-9-15(16)17(18)19/h4-10H,3,11H2,1-2H3,(H,18,19). The Morgan fingerprint density at radius 3 is 2.62 bits per heavy atom. The van der Waals surface area contributed by atoms with Crippen LogP contribution < -0.4 is 9.47 Å². The van der Waals surface area contributed by atoms with Crippen molar-refractivity contribution in [2.45, 2.75) is 20.3 Å². The Hall–Kier alpha value is -2.49. The van der Waals surface area contributed by atoms with E-state index in [4.69, 9.17) is 14.6 Å². The molecular weight excluding hydrogens is 268 g/mol. The van der Waals surface area contributed by atoms with Crippen molar-refractivity contribution in [2.24, 2.45) is 0 Å². The van der Waals surface area contributed by atoms with E-state index in [0.717, 1.165) is 12.0 Å². The van der Waals surface area contributed by atoms with Crippen molar-refractivity contribution in [1.82, 2.24) is 0 Å². The highest BCUT2D eigenvalue weighted by molar-refractivity contribution is 5.91. The Labute approximate surface area is 123 Å². The van der Waals surface area contributed by atoms with Crippen LogP contribution in [0.15, 0.2) is 42.5 Å². The molecule has 0 unspecified atom stereocenters. The zero-order valence-corrected chi connectivity index (χ0v) is 12.1. The van der Waals surface area contributed by atoms with Crippen molar-refractivity contribution in [1.29, 1.82) is 0 Å². The van der Waals surface area contributed by atoms with E-state index in [1.54, 1.807) is 19.1 Å². The van der Waals surface area contributed by atoms with Gasteiger partial charge in [0.15, 0.2) is 0 Å². The maximum Gasteiger partial charge on any atom is 0.339 e. The largest absolute Gasteiger partial charge is 0.478 e. The van der Waals surface area contributed by atoms with Gasteiger partial charge in [-0.25, -0.2) is 4.79 Å². The maximum absolute atomic E-state index is 11.2. The lowest BCUT2D eigenvalue weighted by molar-refractivity contribution is 0.0682. The first-order valence-electron chi connectivity index (χ1n) is 6.79. The topological polar surface area (TPSA) is 55.8 Å². The molecule has 0 saturated heterocycles. The number of hydrogen-bond donors (Lipinski definition) is 1. The van der Waals surface area contributed by atoms with Gasteiger partial charge in [0.1, 0.15) is 17.1 Å². The number of para-hydroxylation sites is 1. The van der Waals surface area contributed by atoms with Crippen molar-refractivity contribution in [3.05, 3.63) is 59.2 Å². The summed E-state index contributed by atoms with van der Waals surface area (Å²) in [6.45, 7) is 3.85. The molecule has 4 heteroatoms. The monoisotopic (exact) mass is 286 g/mol. The molecule has 0 aromatic heterocycles. The number of benzene rings is 2. The molecule has 0 saturated carbocycles. The van der Waals surface area contributed by atoms with Crippen LogP contribution in [0, 0.1) is 6.92 Å². The van der Waals surface area contributed by atoms with E-state index in [1.807, 2.05) is 24.3 Å². The van der Waals surface area contributed by atoms with Gasteiger partial charge in [-0.1, -0.05) is 31.2 Å². The summed E-state index contributed by atoms with van der Waals surface area (Å²) in [5, 5.41) is 9.15. The molecular formula is C17H18O4. The first-order chi connectivity index (χ1) is 10.1. The van der Waals surface area contributed by atoms with Gasteiger partial charge in [-0.05, 0) is 42.7 Å². The van der Waals surface area contributed by atoms with Crippen molar-refractivity contribution >= 4 is 5.97 Å². The lowest BCUT2D eigenvalue weighted by Crippen LogP contribution is -2.10. The third-order valence-corrected chi connectivity index (χ3v) is 3.18. The van der Waals surface area contributed by atoms with Gasteiger partial charge in [-0.2, -0.15) is 0 Å². The molecule has 0 spiro atoms. The van der Waals surface area contributed by atoms with E-state index in [1.165, 1.54) is 11.6 Å². The molecule has 0 fully saturated rings. The minimum absolute atomic E-state index is 0.0295. The van der Waals surface area contributed by atoms with E-state index in [-0.39, 0.29) is 12.4 Å². The molecule has 0 aliphatic rings. The second kappa shape index (κ2) is 6.79. The average Bonchev–Trinajstić information content (AvgIpc) is 2.49. The molecule has 0 atom stereocenters. The zero-order chi connectivity index (χ0) is 15.2. The first kappa shape index (κ1) is 14.9. The molecule has 0 bridgehead atoms. The summed E-state index contributed by atoms with van der Waals surface area (Å²) >= 11 is 0. The van der Waals surface area contributed by atoms with Gasteiger partial charge in [0.25, 0.3) is 0 Å². The molecule has 2 rings (SSSR count). The highest BCUT2D eigenvalue weighted by Crippen LogP contribution is 2.23. The first-order valence-corrected chi connectivity index (χ1v) is 6.79. The summed E-state index contributed by atoms with van der Waals surface area (Å²) in [5.74, 6) is 0.0399. The number of carboxylic acids is 1. The molecule has 1 N–H and O–H groups in total. The third kappa shape index (κ3) is 3.75. The number of carbonyl (C=O) groups is 1. The van der Waals surface area contributed by atoms with Crippen LogP contribution in [-0.2, 0) is 6.42 Å². The van der Waals surface area contributed by atoms with Crippen molar-refractivity contribution < 1.29 is 19.4 Å². The van der Waals surface area contributed by atoms with Gasteiger partial charge in [0.05, 0.1) is 0 Å². The third-order valence-electron chi connectivity index (χ3n) is 3.18. The van der Waals surface area contributed by atoms with Crippen molar-refractivity contribution in [3.63, 3.8) is 0 Å². The lowest BCUT2D eigenvalue weighted by Gasteiger charge is -2.13. The SMILES string of the molecule is CCc1cccc(OCOc2c(C)cccc2C(=O)O)c1. The van der Waals surface area contributed by atoms with E-state index in [0.29, 0.717) is 11.5 Å². The molecule has 4 nitrogen and oxygen atoms in total. The molecule has 2 aromatic rings. The fraction of sp³-hybridized carbons (Fsp3) is 0.235. The Morgan fingerprint density at radius 2 is 1.90 bits per heavy atom. The second-order valence-corrected chi connectivity index (χ2v) is 4.66. The van der Waals surface area contributed by atoms with Crippen molar-refractivity contribution in [2.75, 3.05) is 6.79 Å². The fourth-order valence-corrected chi connectivity index (χ4v) is 2.02. The Morgan fingerprint density at radius 1 is 1.14 bits per heavy atom. The Bertz CT molecular complexity index is 634. The van der Waals surface area contributed by atoms with Crippen LogP contribution in [0.3, 0.4) is 0 Å². The molecule has 0 aliphatic heterocycles. The van der Waals surface area contributed by atoms with Crippen LogP contribution in [0.5, 0.6) is 11.5 Å². The number of carboxylic acid groups (broad SMARTS) is 1. The summed E-state index contributed by atoms with van der Waals surface area (Å²) in [6.07, 6.45) is 0.930. The number of ether oxygens (including phenoxy) is 2. The summed E-state index contributed by atoms with van der Waals surface area (Å²) in [7, 11) is 0. The van der Waals surface area contributed by atoms with E-state index in [2.05, 4.69) is 6.92 Å². The molecule has 0 aliphatic carbocycles. The maximum atomic E-state index is 11.2. The summed E-state index contributed by atoms with van der Waals surface area (Å²) in [4.78, 5) is 11.2. The zero-order valence-electron chi connectivity index (χ0n) is 12.1. The van der Waals surface area contributed by atoms with Crippen LogP contribution in [0.25, 0.3) is 0 Å². The number of hydrogen-bond acceptors (Lipinski definition) is 3. The minimum Gasteiger partial charge on any atom is -0.478 e. The second-order valence-electron chi connectivity index (χ2n) is 4.66. The quantitative estimate of drug-likeness (QED) is 0.823. The van der Waals surface area contributed by atoms with Gasteiger partial charge >= 0.3 is 5.97 Å². The summed E-state index contributed by atoms with van der Waals surface area (Å²) in [5.41, 5.74) is 2.08. The molecule has 0 amide bonds. The Kier molecular flexibility index (Phi) is 4.82. The lowest BCUT2D eigenvalue weighted by atomic mass is 10.1. The molecule has 0 heterocycles. The van der Waals surface area contributed by atoms with Crippen LogP contribution in [0.1, 0.15) is 28.4 Å². The predicted octanol–water partition coefficient (Wildman–Crippen LogP) is 3.67. The molecule has 110 valence electrons. The van der Waals surface area contributed by atoms with Gasteiger partial charge in [-0.3, -0.25) is 0 Å². The normalized spacial score (nSPS) is 10.2. The van der Waals surface area contributed by atoms with E-state index >= 15 is 0 Å². The predicted molar refractivity (Wildman–Crippen MR) is 80.1 cm³/mol. The number of rotatable bonds is 6. The smallest absolute Gasteiger partial charge is 0.339 e. The number of aryl methyl sites for hydroxylation is 2. The molecule has 0 radical (unpaired) electrons. The molecule has 2 aromatic carbocycles. The van der Waals surface area contributed by atoms with Crippen LogP contribution in [0.4, 0.5) is 0 Å².